The molecule has 43 heavy (non-hydrogen) atoms. The van der Waals surface area contributed by atoms with Gasteiger partial charge in [-0.25, -0.2) is 4.79 Å². The molecule has 3 atom stereocenters. The second-order valence-corrected chi connectivity index (χ2v) is 12.2. The zero-order valence-corrected chi connectivity index (χ0v) is 27.2. The number of methoxy groups -OCH3 is 4. The highest BCUT2D eigenvalue weighted by Gasteiger charge is 2.42. The van der Waals surface area contributed by atoms with Crippen LogP contribution in [0.1, 0.15) is 69.4 Å². The molecule has 12 heteroatoms. The molecule has 3 rings (SSSR count). The quantitative estimate of drug-likeness (QED) is 0.110. The fraction of sp³-hybridized carbons (Fsp3) is 0.645. The first kappa shape index (κ1) is 34.2. The number of nitrogens with one attached hydrogen (secondary N) is 4. The summed E-state index contributed by atoms with van der Waals surface area (Å²) in [5.41, 5.74) is 2.00. The molecule has 0 aliphatic carbocycles. The Morgan fingerprint density at radius 2 is 1.49 bits per heavy atom. The van der Waals surface area contributed by atoms with Crippen molar-refractivity contribution in [1.29, 1.82) is 0 Å². The van der Waals surface area contributed by atoms with E-state index in [0.29, 0.717) is 58.9 Å². The zero-order chi connectivity index (χ0) is 31.4. The third kappa shape index (κ3) is 9.11. The van der Waals surface area contributed by atoms with E-state index in [2.05, 4.69) is 21.3 Å². The van der Waals surface area contributed by atoms with Gasteiger partial charge in [-0.1, -0.05) is 19.3 Å². The Kier molecular flexibility index (Phi) is 13.6. The third-order valence-corrected chi connectivity index (χ3v) is 9.44. The van der Waals surface area contributed by atoms with Crippen LogP contribution in [0.15, 0.2) is 5.57 Å². The smallest absolute Gasteiger partial charge is 0.315 e. The van der Waals surface area contributed by atoms with E-state index in [4.69, 9.17) is 18.9 Å². The number of urea groups is 1. The number of ether oxygens (including phenoxy) is 4. The minimum atomic E-state index is -0.154. The van der Waals surface area contributed by atoms with Crippen LogP contribution in [0.3, 0.4) is 0 Å². The first-order valence-corrected chi connectivity index (χ1v) is 16.1. The maximum absolute atomic E-state index is 12.8. The van der Waals surface area contributed by atoms with Gasteiger partial charge in [-0.05, 0) is 45.6 Å². The SMILES string of the molecule is COc1c(C)c(C=C(C)C(=O)NCCCCCCNC(=O)CCCC[C@@H]2SC[C@@H]3NC(=O)N[C@@H]32)c(OC)c(OC)c1OC. The summed E-state index contributed by atoms with van der Waals surface area (Å²) in [6, 6.07) is 0.413. The number of thioether (sulfide) groups is 1. The van der Waals surface area contributed by atoms with Crippen molar-refractivity contribution in [3.05, 3.63) is 16.7 Å². The average Bonchev–Trinajstić information content (AvgIpc) is 3.55. The molecule has 2 saturated heterocycles. The Hall–Kier alpha value is -3.28. The molecule has 2 aliphatic heterocycles. The van der Waals surface area contributed by atoms with Gasteiger partial charge in [0.15, 0.2) is 11.5 Å². The molecule has 2 heterocycles. The molecule has 240 valence electrons. The summed E-state index contributed by atoms with van der Waals surface area (Å²) in [5.74, 6) is 2.73. The summed E-state index contributed by atoms with van der Waals surface area (Å²) >= 11 is 1.91. The Balaban J connectivity index is 1.29. The topological polar surface area (TPSA) is 136 Å². The van der Waals surface area contributed by atoms with Gasteiger partial charge in [-0.15, -0.1) is 0 Å². The molecule has 4 N–H and O–H groups in total. The van der Waals surface area contributed by atoms with Crippen molar-refractivity contribution in [3.63, 3.8) is 0 Å². The molecular formula is C31H48N4O7S. The van der Waals surface area contributed by atoms with Crippen molar-refractivity contribution < 1.29 is 33.3 Å². The highest BCUT2D eigenvalue weighted by atomic mass is 32.2. The van der Waals surface area contributed by atoms with Crippen LogP contribution in [0, 0.1) is 6.92 Å². The number of carbonyl (C=O) groups is 3. The largest absolute Gasteiger partial charge is 0.492 e. The summed E-state index contributed by atoms with van der Waals surface area (Å²) in [6.07, 6.45) is 8.89. The van der Waals surface area contributed by atoms with Crippen LogP contribution in [-0.2, 0) is 9.59 Å². The molecule has 2 aliphatic rings. The number of carbonyl (C=O) groups excluding carboxylic acids is 3. The second-order valence-electron chi connectivity index (χ2n) is 10.9. The predicted molar refractivity (Wildman–Crippen MR) is 169 cm³/mol. The van der Waals surface area contributed by atoms with Gasteiger partial charge < -0.3 is 40.2 Å². The highest BCUT2D eigenvalue weighted by Crippen LogP contribution is 2.49. The molecule has 1 aromatic rings. The minimum Gasteiger partial charge on any atom is -0.492 e. The van der Waals surface area contributed by atoms with E-state index < -0.39 is 0 Å². The maximum atomic E-state index is 12.8. The van der Waals surface area contributed by atoms with Crippen molar-refractivity contribution in [3.8, 4) is 23.0 Å². The molecule has 2 fully saturated rings. The average molecular weight is 621 g/mol. The molecule has 0 bridgehead atoms. The van der Waals surface area contributed by atoms with Crippen molar-refractivity contribution in [2.24, 2.45) is 0 Å². The molecule has 0 saturated carbocycles. The molecule has 0 unspecified atom stereocenters. The summed E-state index contributed by atoms with van der Waals surface area (Å²) in [5, 5.41) is 12.4. The second kappa shape index (κ2) is 17.1. The van der Waals surface area contributed by atoms with Gasteiger partial charge in [0.2, 0.25) is 23.3 Å². The van der Waals surface area contributed by atoms with Gasteiger partial charge in [-0.3, -0.25) is 9.59 Å². The normalized spacial score (nSPS) is 19.3. The van der Waals surface area contributed by atoms with Crippen LogP contribution in [-0.4, -0.2) is 82.5 Å². The molecule has 0 spiro atoms. The monoisotopic (exact) mass is 620 g/mol. The lowest BCUT2D eigenvalue weighted by Crippen LogP contribution is -2.36. The van der Waals surface area contributed by atoms with Crippen molar-refractivity contribution in [2.75, 3.05) is 47.3 Å². The van der Waals surface area contributed by atoms with Crippen molar-refractivity contribution in [2.45, 2.75) is 82.5 Å². The fourth-order valence-corrected chi connectivity index (χ4v) is 7.15. The number of hydrogen-bond acceptors (Lipinski definition) is 8. The van der Waals surface area contributed by atoms with Gasteiger partial charge in [0, 0.05) is 47.2 Å². The van der Waals surface area contributed by atoms with E-state index in [9.17, 15) is 14.4 Å². The van der Waals surface area contributed by atoms with Gasteiger partial charge in [0.05, 0.1) is 40.5 Å². The van der Waals surface area contributed by atoms with Gasteiger partial charge in [0.25, 0.3) is 0 Å². The van der Waals surface area contributed by atoms with Gasteiger partial charge >= 0.3 is 6.03 Å². The van der Waals surface area contributed by atoms with Gasteiger partial charge in [0.1, 0.15) is 0 Å². The maximum Gasteiger partial charge on any atom is 0.315 e. The molecule has 1 aromatic carbocycles. The fourth-order valence-electron chi connectivity index (χ4n) is 5.60. The number of hydrogen-bond donors (Lipinski definition) is 4. The zero-order valence-electron chi connectivity index (χ0n) is 26.4. The van der Waals surface area contributed by atoms with Crippen LogP contribution >= 0.6 is 11.8 Å². The number of unbranched alkanes of at least 4 members (excludes halogenated alkanes) is 4. The van der Waals surface area contributed by atoms with E-state index in [1.807, 2.05) is 18.7 Å². The molecule has 0 radical (unpaired) electrons. The van der Waals surface area contributed by atoms with Crippen LogP contribution < -0.4 is 40.2 Å². The Labute approximate surface area is 259 Å². The van der Waals surface area contributed by atoms with Crippen LogP contribution in [0.5, 0.6) is 23.0 Å². The van der Waals surface area contributed by atoms with Crippen LogP contribution in [0.2, 0.25) is 0 Å². The lowest BCUT2D eigenvalue weighted by molar-refractivity contribution is -0.121. The minimum absolute atomic E-state index is 0.0581. The summed E-state index contributed by atoms with van der Waals surface area (Å²) in [6.45, 7) is 4.88. The third-order valence-electron chi connectivity index (χ3n) is 7.94. The van der Waals surface area contributed by atoms with Crippen molar-refractivity contribution in [1.82, 2.24) is 21.3 Å². The van der Waals surface area contributed by atoms with E-state index >= 15 is 0 Å². The van der Waals surface area contributed by atoms with Crippen LogP contribution in [0.4, 0.5) is 4.79 Å². The predicted octanol–water partition coefficient (Wildman–Crippen LogP) is 3.95. The van der Waals surface area contributed by atoms with E-state index in [1.165, 1.54) is 14.2 Å². The first-order chi connectivity index (χ1) is 20.7. The van der Waals surface area contributed by atoms with Crippen LogP contribution in [0.25, 0.3) is 6.08 Å². The number of rotatable bonds is 18. The lowest BCUT2D eigenvalue weighted by Gasteiger charge is -2.20. The highest BCUT2D eigenvalue weighted by molar-refractivity contribution is 8.00. The lowest BCUT2D eigenvalue weighted by atomic mass is 10.0. The Morgan fingerprint density at radius 1 is 0.860 bits per heavy atom. The first-order valence-electron chi connectivity index (χ1n) is 15.0. The van der Waals surface area contributed by atoms with E-state index in [-0.39, 0.29) is 29.9 Å². The molecule has 4 amide bonds. The number of fused-ring (bicyclic) bond motifs is 1. The molecular weight excluding hydrogens is 572 g/mol. The van der Waals surface area contributed by atoms with Crippen molar-refractivity contribution >= 4 is 35.7 Å². The Bertz CT molecular complexity index is 1160. The molecule has 11 nitrogen and oxygen atoms in total. The van der Waals surface area contributed by atoms with E-state index in [0.717, 1.165) is 56.3 Å². The summed E-state index contributed by atoms with van der Waals surface area (Å²) in [7, 11) is 6.17. The summed E-state index contributed by atoms with van der Waals surface area (Å²) < 4.78 is 22.2. The summed E-state index contributed by atoms with van der Waals surface area (Å²) in [4.78, 5) is 36.4. The van der Waals surface area contributed by atoms with Gasteiger partial charge in [-0.2, -0.15) is 11.8 Å². The molecule has 0 aromatic heterocycles. The number of amides is 4. The standard InChI is InChI=1S/C31H48N4O7S/c1-19(17-21-20(2)26(39-3)28(41-5)29(42-6)27(21)40-4)30(37)33-16-12-8-7-11-15-32-24(36)14-10-9-13-23-25-22(18-43-23)34-31(38)35-25/h17,22-23,25H,7-16,18H2,1-6H3,(H,32,36)(H,33,37)(H2,34,35,38)/t22-,23-,25-/m0/s1. The Morgan fingerprint density at radius 3 is 2.14 bits per heavy atom. The number of benzene rings is 1. The van der Waals surface area contributed by atoms with E-state index in [1.54, 1.807) is 27.2 Å².